The zero-order valence-electron chi connectivity index (χ0n) is 14.2. The minimum Gasteiger partial charge on any atom is -0.294 e. The van der Waals surface area contributed by atoms with Crippen molar-refractivity contribution in [3.8, 4) is 0 Å². The molecule has 5 heteroatoms. The molecule has 0 aromatic heterocycles. The molecule has 0 bridgehead atoms. The van der Waals surface area contributed by atoms with Crippen LogP contribution in [0.5, 0.6) is 0 Å². The summed E-state index contributed by atoms with van der Waals surface area (Å²) in [5, 5.41) is 0. The fourth-order valence-electron chi connectivity index (χ4n) is 3.26. The van der Waals surface area contributed by atoms with E-state index in [0.29, 0.717) is 24.0 Å². The van der Waals surface area contributed by atoms with Gasteiger partial charge in [-0.05, 0) is 31.0 Å². The lowest BCUT2D eigenvalue weighted by Gasteiger charge is -2.37. The summed E-state index contributed by atoms with van der Waals surface area (Å²) in [6.45, 7) is 6.60. The largest absolute Gasteiger partial charge is 0.294 e. The van der Waals surface area contributed by atoms with Gasteiger partial charge in [-0.15, -0.1) is 0 Å². The third-order valence-electron chi connectivity index (χ3n) is 4.81. The Balaban J connectivity index is 1.70. The fraction of sp³-hybridized carbons (Fsp3) is 0.368. The standard InChI is InChI=1S/C19H24N2O2S/c1-16-8-6-7-11-19(16)24(22,23)21-14-12-20(13-15-21)17(2)18-9-4-3-5-10-18/h3-11,17H,12-15H2,1-2H3. The smallest absolute Gasteiger partial charge is 0.243 e. The van der Waals surface area contributed by atoms with E-state index in [0.717, 1.165) is 18.7 Å². The third kappa shape index (κ3) is 3.38. The maximum absolute atomic E-state index is 12.9. The number of piperazine rings is 1. The van der Waals surface area contributed by atoms with E-state index in [1.54, 1.807) is 16.4 Å². The van der Waals surface area contributed by atoms with Crippen molar-refractivity contribution < 1.29 is 8.42 Å². The molecule has 2 aromatic carbocycles. The summed E-state index contributed by atoms with van der Waals surface area (Å²) < 4.78 is 27.3. The number of sulfonamides is 1. The Morgan fingerprint density at radius 1 is 0.875 bits per heavy atom. The van der Waals surface area contributed by atoms with Crippen LogP contribution >= 0.6 is 0 Å². The Morgan fingerprint density at radius 2 is 1.46 bits per heavy atom. The van der Waals surface area contributed by atoms with Crippen LogP contribution in [0.15, 0.2) is 59.5 Å². The van der Waals surface area contributed by atoms with Crippen LogP contribution in [0.1, 0.15) is 24.1 Å². The molecule has 0 radical (unpaired) electrons. The molecule has 1 unspecified atom stereocenters. The fourth-order valence-corrected chi connectivity index (χ4v) is 4.91. The quantitative estimate of drug-likeness (QED) is 0.856. The van der Waals surface area contributed by atoms with Crippen molar-refractivity contribution in [2.45, 2.75) is 24.8 Å². The van der Waals surface area contributed by atoms with E-state index < -0.39 is 10.0 Å². The first-order valence-electron chi connectivity index (χ1n) is 8.35. The summed E-state index contributed by atoms with van der Waals surface area (Å²) in [6, 6.07) is 17.9. The number of benzene rings is 2. The van der Waals surface area contributed by atoms with Crippen molar-refractivity contribution in [1.29, 1.82) is 0 Å². The topological polar surface area (TPSA) is 40.6 Å². The number of rotatable bonds is 4. The predicted molar refractivity (Wildman–Crippen MR) is 96.4 cm³/mol. The molecule has 1 aliphatic heterocycles. The second-order valence-corrected chi connectivity index (χ2v) is 8.20. The van der Waals surface area contributed by atoms with Crippen LogP contribution in [0, 0.1) is 6.92 Å². The highest BCUT2D eigenvalue weighted by molar-refractivity contribution is 7.89. The summed E-state index contributed by atoms with van der Waals surface area (Å²) in [4.78, 5) is 2.77. The number of aryl methyl sites for hydroxylation is 1. The maximum atomic E-state index is 12.9. The SMILES string of the molecule is Cc1ccccc1S(=O)(=O)N1CCN(C(C)c2ccccc2)CC1. The second kappa shape index (κ2) is 7.05. The zero-order valence-corrected chi connectivity index (χ0v) is 15.0. The first kappa shape index (κ1) is 17.1. The van der Waals surface area contributed by atoms with E-state index in [-0.39, 0.29) is 0 Å². The van der Waals surface area contributed by atoms with Gasteiger partial charge in [-0.25, -0.2) is 8.42 Å². The predicted octanol–water partition coefficient (Wildman–Crippen LogP) is 3.06. The molecule has 1 aliphatic rings. The van der Waals surface area contributed by atoms with E-state index in [1.807, 2.05) is 37.3 Å². The molecule has 1 atom stereocenters. The minimum atomic E-state index is -3.40. The summed E-state index contributed by atoms with van der Waals surface area (Å²) in [7, 11) is -3.40. The van der Waals surface area contributed by atoms with E-state index in [1.165, 1.54) is 5.56 Å². The van der Waals surface area contributed by atoms with Gasteiger partial charge in [0.2, 0.25) is 10.0 Å². The average Bonchev–Trinajstić information content (AvgIpc) is 2.62. The zero-order chi connectivity index (χ0) is 17.2. The summed E-state index contributed by atoms with van der Waals surface area (Å²) in [5.74, 6) is 0. The molecule has 128 valence electrons. The van der Waals surface area contributed by atoms with Crippen molar-refractivity contribution in [2.24, 2.45) is 0 Å². The Morgan fingerprint density at radius 3 is 2.08 bits per heavy atom. The first-order chi connectivity index (χ1) is 11.5. The lowest BCUT2D eigenvalue weighted by molar-refractivity contribution is 0.146. The second-order valence-electron chi connectivity index (χ2n) is 6.29. The van der Waals surface area contributed by atoms with E-state index in [9.17, 15) is 8.42 Å². The molecule has 3 rings (SSSR count). The van der Waals surface area contributed by atoms with Crippen molar-refractivity contribution in [3.05, 3.63) is 65.7 Å². The van der Waals surface area contributed by atoms with Gasteiger partial charge in [-0.3, -0.25) is 4.90 Å². The summed E-state index contributed by atoms with van der Waals surface area (Å²) >= 11 is 0. The highest BCUT2D eigenvalue weighted by Gasteiger charge is 2.30. The Hall–Kier alpha value is -1.69. The normalized spacial score (nSPS) is 18.4. The molecule has 0 spiro atoms. The summed E-state index contributed by atoms with van der Waals surface area (Å²) in [5.41, 5.74) is 2.07. The number of nitrogens with zero attached hydrogens (tertiary/aromatic N) is 2. The molecule has 4 nitrogen and oxygen atoms in total. The molecule has 0 N–H and O–H groups in total. The highest BCUT2D eigenvalue weighted by Crippen LogP contribution is 2.25. The molecule has 24 heavy (non-hydrogen) atoms. The maximum Gasteiger partial charge on any atom is 0.243 e. The van der Waals surface area contributed by atoms with Gasteiger partial charge < -0.3 is 0 Å². The first-order valence-corrected chi connectivity index (χ1v) is 9.79. The number of hydrogen-bond acceptors (Lipinski definition) is 3. The van der Waals surface area contributed by atoms with Gasteiger partial charge in [0.1, 0.15) is 0 Å². The van der Waals surface area contributed by atoms with Crippen molar-refractivity contribution >= 4 is 10.0 Å². The Kier molecular flexibility index (Phi) is 5.04. The van der Waals surface area contributed by atoms with Crippen LogP contribution in [-0.2, 0) is 10.0 Å². The van der Waals surface area contributed by atoms with Crippen LogP contribution in [-0.4, -0.2) is 43.8 Å². The highest BCUT2D eigenvalue weighted by atomic mass is 32.2. The van der Waals surface area contributed by atoms with Crippen LogP contribution in [0.25, 0.3) is 0 Å². The molecule has 0 saturated carbocycles. The van der Waals surface area contributed by atoms with Gasteiger partial charge in [-0.2, -0.15) is 4.31 Å². The lowest BCUT2D eigenvalue weighted by atomic mass is 10.1. The van der Waals surface area contributed by atoms with Crippen molar-refractivity contribution in [2.75, 3.05) is 26.2 Å². The minimum absolute atomic E-state index is 0.300. The number of hydrogen-bond donors (Lipinski definition) is 0. The molecular weight excluding hydrogens is 320 g/mol. The Labute approximate surface area is 144 Å². The molecule has 2 aromatic rings. The Bertz CT molecular complexity index is 782. The molecule has 1 fully saturated rings. The van der Waals surface area contributed by atoms with E-state index >= 15 is 0 Å². The van der Waals surface area contributed by atoms with Gasteiger partial charge in [0.15, 0.2) is 0 Å². The van der Waals surface area contributed by atoms with Crippen LogP contribution in [0.4, 0.5) is 0 Å². The van der Waals surface area contributed by atoms with Crippen molar-refractivity contribution in [1.82, 2.24) is 9.21 Å². The van der Waals surface area contributed by atoms with Gasteiger partial charge >= 0.3 is 0 Å². The average molecular weight is 344 g/mol. The molecule has 0 amide bonds. The molecule has 0 aliphatic carbocycles. The van der Waals surface area contributed by atoms with Gasteiger partial charge in [-0.1, -0.05) is 48.5 Å². The van der Waals surface area contributed by atoms with E-state index in [2.05, 4.69) is 24.0 Å². The monoisotopic (exact) mass is 344 g/mol. The van der Waals surface area contributed by atoms with Crippen LogP contribution in [0.2, 0.25) is 0 Å². The molecule has 1 saturated heterocycles. The summed E-state index contributed by atoms with van der Waals surface area (Å²) in [6.07, 6.45) is 0. The van der Waals surface area contributed by atoms with E-state index in [4.69, 9.17) is 0 Å². The van der Waals surface area contributed by atoms with Crippen LogP contribution < -0.4 is 0 Å². The van der Waals surface area contributed by atoms with Gasteiger partial charge in [0, 0.05) is 32.2 Å². The van der Waals surface area contributed by atoms with Crippen molar-refractivity contribution in [3.63, 3.8) is 0 Å². The van der Waals surface area contributed by atoms with Gasteiger partial charge in [0.25, 0.3) is 0 Å². The van der Waals surface area contributed by atoms with Crippen LogP contribution in [0.3, 0.4) is 0 Å². The van der Waals surface area contributed by atoms with Gasteiger partial charge in [0.05, 0.1) is 4.90 Å². The molecular formula is C19H24N2O2S. The molecule has 1 heterocycles. The lowest BCUT2D eigenvalue weighted by Crippen LogP contribution is -2.49. The third-order valence-corrected chi connectivity index (χ3v) is 6.87.